The van der Waals surface area contributed by atoms with E-state index in [9.17, 15) is 4.79 Å². The predicted octanol–water partition coefficient (Wildman–Crippen LogP) is 1.74. The van der Waals surface area contributed by atoms with Crippen LogP contribution >= 0.6 is 0 Å². The summed E-state index contributed by atoms with van der Waals surface area (Å²) in [5.41, 5.74) is 14.5. The Morgan fingerprint density at radius 1 is 1.20 bits per heavy atom. The molecule has 1 aromatic carbocycles. The molecule has 0 bridgehead atoms. The number of hydrogen-bond donors (Lipinski definition) is 2. The third-order valence-electron chi connectivity index (χ3n) is 5.15. The molecule has 0 saturated carbocycles. The number of hydrogen-bond acceptors (Lipinski definition) is 2. The van der Waals surface area contributed by atoms with Crippen LogP contribution < -0.4 is 11.5 Å². The number of carbonyl (C=O) groups is 1. The van der Waals surface area contributed by atoms with Crippen molar-refractivity contribution in [2.24, 2.45) is 16.5 Å². The average Bonchev–Trinajstić information content (AvgIpc) is 2.95. The fourth-order valence-electron chi connectivity index (χ4n) is 4.05. The Morgan fingerprint density at radius 3 is 2.72 bits per heavy atom. The molecule has 2 aliphatic rings. The largest absolute Gasteiger partial charge is 0.381 e. The van der Waals surface area contributed by atoms with Crippen LogP contribution in [0.15, 0.2) is 29.3 Å². The molecule has 0 atom stereocenters. The molecule has 132 valence electrons. The first kappa shape index (κ1) is 16.0. The molecule has 0 unspecified atom stereocenters. The SMILES string of the molecule is NC(N)=NC(=O)N1CCc2c(n(C3CCOCC3)c3ccccc23)C1. The summed E-state index contributed by atoms with van der Waals surface area (Å²) in [5, 5.41) is 1.29. The Bertz CT molecular complexity index is 831. The lowest BCUT2D eigenvalue weighted by Crippen LogP contribution is -2.37. The summed E-state index contributed by atoms with van der Waals surface area (Å²) in [6.45, 7) is 2.73. The van der Waals surface area contributed by atoms with Crippen LogP contribution in [0, 0.1) is 0 Å². The highest BCUT2D eigenvalue weighted by molar-refractivity contribution is 5.91. The molecular formula is C18H23N5O2. The standard InChI is InChI=1S/C18H23N5O2/c19-17(20)21-18(24)22-8-5-14-13-3-1-2-4-15(13)23(16(14)11-22)12-6-9-25-10-7-12/h1-4,12H,5-11H2,(H4,19,20,21,24). The fourth-order valence-corrected chi connectivity index (χ4v) is 4.05. The number of urea groups is 1. The molecule has 7 nitrogen and oxygen atoms in total. The lowest BCUT2D eigenvalue weighted by Gasteiger charge is -2.31. The minimum Gasteiger partial charge on any atom is -0.381 e. The highest BCUT2D eigenvalue weighted by Crippen LogP contribution is 2.36. The van der Waals surface area contributed by atoms with Crippen LogP contribution in [0.25, 0.3) is 10.9 Å². The summed E-state index contributed by atoms with van der Waals surface area (Å²) in [7, 11) is 0. The maximum absolute atomic E-state index is 12.3. The van der Waals surface area contributed by atoms with Crippen LogP contribution in [0.5, 0.6) is 0 Å². The second-order valence-electron chi connectivity index (χ2n) is 6.65. The van der Waals surface area contributed by atoms with E-state index in [2.05, 4.69) is 33.8 Å². The normalized spacial score (nSPS) is 18.2. The molecule has 4 rings (SSSR count). The van der Waals surface area contributed by atoms with Crippen molar-refractivity contribution in [1.29, 1.82) is 0 Å². The van der Waals surface area contributed by atoms with Gasteiger partial charge in [0.05, 0.1) is 6.54 Å². The summed E-state index contributed by atoms with van der Waals surface area (Å²) in [5.74, 6) is -0.194. The quantitative estimate of drug-likeness (QED) is 0.610. The lowest BCUT2D eigenvalue weighted by atomic mass is 10.0. The van der Waals surface area contributed by atoms with E-state index in [4.69, 9.17) is 16.2 Å². The zero-order valence-electron chi connectivity index (χ0n) is 14.1. The van der Waals surface area contributed by atoms with E-state index in [1.54, 1.807) is 4.90 Å². The first-order chi connectivity index (χ1) is 12.1. The number of guanidine groups is 1. The summed E-state index contributed by atoms with van der Waals surface area (Å²) in [4.78, 5) is 17.7. The Hall–Kier alpha value is -2.54. The van der Waals surface area contributed by atoms with E-state index < -0.39 is 0 Å². The molecule has 2 aliphatic heterocycles. The smallest absolute Gasteiger partial charge is 0.347 e. The number of amides is 2. The number of aromatic nitrogens is 1. The summed E-state index contributed by atoms with van der Waals surface area (Å²) in [6, 6.07) is 8.54. The van der Waals surface area contributed by atoms with Gasteiger partial charge in [0, 0.05) is 42.4 Å². The van der Waals surface area contributed by atoms with Gasteiger partial charge in [0.1, 0.15) is 0 Å². The van der Waals surface area contributed by atoms with Gasteiger partial charge in [-0.15, -0.1) is 0 Å². The molecule has 4 N–H and O–H groups in total. The second-order valence-corrected chi connectivity index (χ2v) is 6.65. The van der Waals surface area contributed by atoms with Crippen LogP contribution in [0.2, 0.25) is 0 Å². The number of rotatable bonds is 1. The minimum absolute atomic E-state index is 0.194. The molecule has 0 spiro atoms. The molecule has 3 heterocycles. The average molecular weight is 341 g/mol. The van der Waals surface area contributed by atoms with Gasteiger partial charge in [-0.3, -0.25) is 0 Å². The minimum atomic E-state index is -0.366. The van der Waals surface area contributed by atoms with Crippen LogP contribution in [0.3, 0.4) is 0 Å². The molecule has 0 radical (unpaired) electrons. The number of nitrogens with zero attached hydrogens (tertiary/aromatic N) is 3. The van der Waals surface area contributed by atoms with Gasteiger partial charge in [0.2, 0.25) is 0 Å². The van der Waals surface area contributed by atoms with E-state index in [1.807, 2.05) is 0 Å². The van der Waals surface area contributed by atoms with Gasteiger partial charge in [-0.25, -0.2) is 4.79 Å². The van der Waals surface area contributed by atoms with Gasteiger partial charge in [0.25, 0.3) is 0 Å². The number of fused-ring (bicyclic) bond motifs is 3. The van der Waals surface area contributed by atoms with Crippen molar-refractivity contribution >= 4 is 22.9 Å². The Kier molecular flexibility index (Phi) is 4.09. The topological polar surface area (TPSA) is 98.9 Å². The Morgan fingerprint density at radius 2 is 1.96 bits per heavy atom. The Labute approximate surface area is 146 Å². The van der Waals surface area contributed by atoms with Crippen LogP contribution in [0.4, 0.5) is 4.79 Å². The van der Waals surface area contributed by atoms with E-state index in [1.165, 1.54) is 22.2 Å². The van der Waals surface area contributed by atoms with Crippen molar-refractivity contribution in [3.8, 4) is 0 Å². The van der Waals surface area contributed by atoms with Crippen molar-refractivity contribution in [1.82, 2.24) is 9.47 Å². The molecule has 2 aromatic rings. The molecular weight excluding hydrogens is 318 g/mol. The second kappa shape index (κ2) is 6.40. The third-order valence-corrected chi connectivity index (χ3v) is 5.15. The Balaban J connectivity index is 1.77. The molecule has 25 heavy (non-hydrogen) atoms. The number of para-hydroxylation sites is 1. The number of benzene rings is 1. The zero-order chi connectivity index (χ0) is 17.4. The molecule has 0 aliphatic carbocycles. The van der Waals surface area contributed by atoms with Crippen molar-refractivity contribution in [3.05, 3.63) is 35.5 Å². The van der Waals surface area contributed by atoms with Crippen molar-refractivity contribution in [2.75, 3.05) is 19.8 Å². The number of nitrogens with two attached hydrogens (primary N) is 2. The number of aliphatic imine (C=N–C) groups is 1. The highest BCUT2D eigenvalue weighted by Gasteiger charge is 2.29. The van der Waals surface area contributed by atoms with Gasteiger partial charge < -0.3 is 25.7 Å². The van der Waals surface area contributed by atoms with Crippen LogP contribution in [0.1, 0.15) is 30.1 Å². The molecule has 1 fully saturated rings. The third kappa shape index (κ3) is 2.84. The van der Waals surface area contributed by atoms with Gasteiger partial charge in [-0.1, -0.05) is 18.2 Å². The van der Waals surface area contributed by atoms with Crippen LogP contribution in [-0.2, 0) is 17.7 Å². The van der Waals surface area contributed by atoms with Gasteiger partial charge >= 0.3 is 6.03 Å². The lowest BCUT2D eigenvalue weighted by molar-refractivity contribution is 0.0693. The van der Waals surface area contributed by atoms with Crippen molar-refractivity contribution < 1.29 is 9.53 Å². The van der Waals surface area contributed by atoms with Crippen molar-refractivity contribution in [2.45, 2.75) is 31.8 Å². The first-order valence-electron chi connectivity index (χ1n) is 8.72. The van der Waals surface area contributed by atoms with E-state index in [-0.39, 0.29) is 12.0 Å². The highest BCUT2D eigenvalue weighted by atomic mass is 16.5. The zero-order valence-corrected chi connectivity index (χ0v) is 14.1. The van der Waals surface area contributed by atoms with Gasteiger partial charge in [-0.05, 0) is 30.9 Å². The number of carbonyl (C=O) groups excluding carboxylic acids is 1. The first-order valence-corrected chi connectivity index (χ1v) is 8.72. The summed E-state index contributed by atoms with van der Waals surface area (Å²) in [6.07, 6.45) is 2.80. The maximum Gasteiger partial charge on any atom is 0.347 e. The van der Waals surface area contributed by atoms with Gasteiger partial charge in [0.15, 0.2) is 5.96 Å². The monoisotopic (exact) mass is 341 g/mol. The molecule has 1 aromatic heterocycles. The van der Waals surface area contributed by atoms with E-state index in [0.717, 1.165) is 32.5 Å². The summed E-state index contributed by atoms with van der Waals surface area (Å²) >= 11 is 0. The van der Waals surface area contributed by atoms with Crippen molar-refractivity contribution in [3.63, 3.8) is 0 Å². The molecule has 7 heteroatoms. The van der Waals surface area contributed by atoms with E-state index >= 15 is 0 Å². The molecule has 2 amide bonds. The van der Waals surface area contributed by atoms with Crippen LogP contribution in [-0.4, -0.2) is 41.2 Å². The number of ether oxygens (including phenoxy) is 1. The van der Waals surface area contributed by atoms with Gasteiger partial charge in [-0.2, -0.15) is 4.99 Å². The predicted molar refractivity (Wildman–Crippen MR) is 96.3 cm³/mol. The summed E-state index contributed by atoms with van der Waals surface area (Å²) < 4.78 is 7.95. The molecule has 1 saturated heterocycles. The van der Waals surface area contributed by atoms with E-state index in [0.29, 0.717) is 19.1 Å². The fraction of sp³-hybridized carbons (Fsp3) is 0.444. The maximum atomic E-state index is 12.3.